The first-order chi connectivity index (χ1) is 14.8. The lowest BCUT2D eigenvalue weighted by molar-refractivity contribution is -0.137. The van der Waals surface area contributed by atoms with E-state index in [-0.39, 0.29) is 10.8 Å². The third-order valence-corrected chi connectivity index (χ3v) is 7.08. The van der Waals surface area contributed by atoms with Crippen molar-refractivity contribution in [1.29, 1.82) is 5.26 Å². The van der Waals surface area contributed by atoms with E-state index in [1.54, 1.807) is 0 Å². The highest BCUT2D eigenvalue weighted by Gasteiger charge is 2.51. The molecule has 7 nitrogen and oxygen atoms in total. The number of ether oxygens (including phenoxy) is 1. The molecule has 13 heteroatoms. The van der Waals surface area contributed by atoms with E-state index in [1.807, 2.05) is 0 Å². The summed E-state index contributed by atoms with van der Waals surface area (Å²) < 4.78 is 84.6. The van der Waals surface area contributed by atoms with E-state index < -0.39 is 69.4 Å². The van der Waals surface area contributed by atoms with Gasteiger partial charge in [0.25, 0.3) is 0 Å². The Labute approximate surface area is 185 Å². The number of nitriles is 1. The van der Waals surface area contributed by atoms with Gasteiger partial charge in [-0.15, -0.1) is 0 Å². The molecule has 1 aliphatic heterocycles. The van der Waals surface area contributed by atoms with Crippen LogP contribution in [0, 0.1) is 17.1 Å². The van der Waals surface area contributed by atoms with Gasteiger partial charge in [0.2, 0.25) is 10.0 Å². The molecule has 2 N–H and O–H groups in total. The fourth-order valence-corrected chi connectivity index (χ4v) is 4.92. The first kappa shape index (κ1) is 24.2. The fourth-order valence-electron chi connectivity index (χ4n) is 3.18. The molecule has 1 fully saturated rings. The molecule has 0 bridgehead atoms. The van der Waals surface area contributed by atoms with Crippen LogP contribution in [0.25, 0.3) is 0 Å². The van der Waals surface area contributed by atoms with Crippen LogP contribution >= 0.6 is 11.6 Å². The minimum Gasteiger partial charge on any atom is -0.486 e. The zero-order chi connectivity index (χ0) is 23.9. The molecule has 2 aromatic carbocycles. The summed E-state index contributed by atoms with van der Waals surface area (Å²) in [5.41, 5.74) is -4.05. The van der Waals surface area contributed by atoms with Crippen LogP contribution in [-0.2, 0) is 16.2 Å². The fraction of sp³-hybridized carbons (Fsp3) is 0.316. The Balaban J connectivity index is 1.94. The largest absolute Gasteiger partial charge is 0.486 e. The first-order valence-electron chi connectivity index (χ1n) is 8.88. The summed E-state index contributed by atoms with van der Waals surface area (Å²) in [5, 5.41) is 29.3. The molecule has 32 heavy (non-hydrogen) atoms. The van der Waals surface area contributed by atoms with Crippen LogP contribution in [0.3, 0.4) is 0 Å². The van der Waals surface area contributed by atoms with Gasteiger partial charge < -0.3 is 14.9 Å². The number of sulfonamides is 1. The number of aliphatic hydroxyl groups is 2. The van der Waals surface area contributed by atoms with Gasteiger partial charge in [0.05, 0.1) is 34.2 Å². The van der Waals surface area contributed by atoms with E-state index in [1.165, 1.54) is 18.2 Å². The van der Waals surface area contributed by atoms with E-state index in [9.17, 15) is 41.5 Å². The maximum Gasteiger partial charge on any atom is 0.416 e. The van der Waals surface area contributed by atoms with E-state index in [2.05, 4.69) is 0 Å². The summed E-state index contributed by atoms with van der Waals surface area (Å²) >= 11 is 5.60. The SMILES string of the molecule is N#Cc1cc(C(F)(F)F)ccc1S(=O)(=O)N1C[C@H](Oc2ccc(Cl)c(F)c2)[C@](O)(CO)C1. The van der Waals surface area contributed by atoms with Crippen LogP contribution in [0.15, 0.2) is 41.3 Å². The number of nitrogens with zero attached hydrogens (tertiary/aromatic N) is 2. The first-order valence-corrected chi connectivity index (χ1v) is 10.7. The molecule has 0 radical (unpaired) electrons. The van der Waals surface area contributed by atoms with Crippen molar-refractivity contribution >= 4 is 21.6 Å². The molecule has 1 aliphatic rings. The van der Waals surface area contributed by atoms with Gasteiger partial charge in [-0.3, -0.25) is 0 Å². The second kappa shape index (κ2) is 8.49. The third kappa shape index (κ3) is 4.53. The summed E-state index contributed by atoms with van der Waals surface area (Å²) in [7, 11) is -4.57. The molecule has 0 saturated carbocycles. The summed E-state index contributed by atoms with van der Waals surface area (Å²) in [5.74, 6) is -0.933. The van der Waals surface area contributed by atoms with Gasteiger partial charge in [0.15, 0.2) is 0 Å². The number of hydrogen-bond donors (Lipinski definition) is 2. The van der Waals surface area contributed by atoms with Crippen LogP contribution in [0.2, 0.25) is 5.02 Å². The van der Waals surface area contributed by atoms with E-state index >= 15 is 0 Å². The molecule has 1 heterocycles. The molecule has 2 atom stereocenters. The smallest absolute Gasteiger partial charge is 0.416 e. The lowest BCUT2D eigenvalue weighted by Gasteiger charge is -2.27. The maximum atomic E-state index is 13.7. The maximum absolute atomic E-state index is 13.7. The highest BCUT2D eigenvalue weighted by Crippen LogP contribution is 2.35. The van der Waals surface area contributed by atoms with Crippen molar-refractivity contribution in [1.82, 2.24) is 4.31 Å². The van der Waals surface area contributed by atoms with Crippen LogP contribution in [0.4, 0.5) is 17.6 Å². The molecule has 0 unspecified atom stereocenters. The lowest BCUT2D eigenvalue weighted by atomic mass is 10.0. The van der Waals surface area contributed by atoms with Crippen molar-refractivity contribution in [2.45, 2.75) is 22.8 Å². The average Bonchev–Trinajstić information content (AvgIpc) is 3.07. The molecule has 0 aromatic heterocycles. The second-order valence-electron chi connectivity index (χ2n) is 7.06. The quantitative estimate of drug-likeness (QED) is 0.618. The minimum atomic E-state index is -4.79. The summed E-state index contributed by atoms with van der Waals surface area (Å²) in [6.07, 6.45) is -6.14. The number of rotatable bonds is 5. The number of hydrogen-bond acceptors (Lipinski definition) is 6. The standard InChI is InChI=1S/C19H15ClF4N2O5S/c20-14-3-2-13(6-15(14)21)31-17-8-26(9-18(17,28)10-27)32(29,30)16-4-1-12(19(22,23)24)5-11(16)7-25/h1-6,17,27-28H,8-10H2/t17-,18+/m0/s1. The Morgan fingerprint density at radius 2 is 1.97 bits per heavy atom. The predicted molar refractivity (Wildman–Crippen MR) is 103 cm³/mol. The van der Waals surface area contributed by atoms with Crippen LogP contribution in [-0.4, -0.2) is 54.3 Å². The van der Waals surface area contributed by atoms with Crippen LogP contribution in [0.5, 0.6) is 5.75 Å². The number of halogens is 5. The molecule has 172 valence electrons. The average molecular weight is 495 g/mol. The Morgan fingerprint density at radius 1 is 1.28 bits per heavy atom. The summed E-state index contributed by atoms with van der Waals surface area (Å²) in [6.45, 7) is -2.15. The highest BCUT2D eigenvalue weighted by atomic mass is 35.5. The third-order valence-electron chi connectivity index (χ3n) is 4.91. The molecular weight excluding hydrogens is 480 g/mol. The van der Waals surface area contributed by atoms with Gasteiger partial charge in [-0.1, -0.05) is 11.6 Å². The number of benzene rings is 2. The van der Waals surface area contributed by atoms with Gasteiger partial charge in [0, 0.05) is 12.6 Å². The van der Waals surface area contributed by atoms with E-state index in [0.717, 1.165) is 6.07 Å². The number of aliphatic hydroxyl groups excluding tert-OH is 1. The Bertz CT molecular complexity index is 1190. The zero-order valence-electron chi connectivity index (χ0n) is 16.0. The van der Waals surface area contributed by atoms with Gasteiger partial charge >= 0.3 is 6.18 Å². The van der Waals surface area contributed by atoms with Gasteiger partial charge in [-0.2, -0.15) is 22.7 Å². The minimum absolute atomic E-state index is 0.102. The summed E-state index contributed by atoms with van der Waals surface area (Å²) in [6, 6.07) is 6.36. The van der Waals surface area contributed by atoms with Crippen molar-refractivity contribution in [3.05, 3.63) is 58.4 Å². The molecule has 0 spiro atoms. The molecular formula is C19H15ClF4N2O5S. The number of β-amino-alcohol motifs (C(OH)–C–C–N with tert-alkyl or cyclic N) is 1. The van der Waals surface area contributed by atoms with Crippen molar-refractivity contribution in [2.24, 2.45) is 0 Å². The molecule has 1 saturated heterocycles. The molecule has 0 amide bonds. The van der Waals surface area contributed by atoms with Crippen molar-refractivity contribution in [2.75, 3.05) is 19.7 Å². The van der Waals surface area contributed by atoms with Crippen molar-refractivity contribution in [3.8, 4) is 11.8 Å². The van der Waals surface area contributed by atoms with Gasteiger partial charge in [-0.25, -0.2) is 12.8 Å². The zero-order valence-corrected chi connectivity index (χ0v) is 17.5. The Kier molecular flexibility index (Phi) is 6.43. The monoisotopic (exact) mass is 494 g/mol. The lowest BCUT2D eigenvalue weighted by Crippen LogP contribution is -2.48. The second-order valence-corrected chi connectivity index (χ2v) is 9.38. The van der Waals surface area contributed by atoms with Gasteiger partial charge in [-0.05, 0) is 30.3 Å². The number of alkyl halides is 3. The molecule has 0 aliphatic carbocycles. The van der Waals surface area contributed by atoms with Crippen molar-refractivity contribution < 1.29 is 40.9 Å². The van der Waals surface area contributed by atoms with E-state index in [4.69, 9.17) is 16.3 Å². The Hall–Kier alpha value is -2.43. The highest BCUT2D eigenvalue weighted by molar-refractivity contribution is 7.89. The Morgan fingerprint density at radius 3 is 2.53 bits per heavy atom. The summed E-state index contributed by atoms with van der Waals surface area (Å²) in [4.78, 5) is -0.702. The normalized spacial score (nSPS) is 22.0. The van der Waals surface area contributed by atoms with Crippen LogP contribution < -0.4 is 4.74 Å². The topological polar surface area (TPSA) is 111 Å². The van der Waals surface area contributed by atoms with Crippen molar-refractivity contribution in [3.63, 3.8) is 0 Å². The predicted octanol–water partition coefficient (Wildman–Crippen LogP) is 2.54. The molecule has 3 rings (SSSR count). The van der Waals surface area contributed by atoms with Crippen LogP contribution in [0.1, 0.15) is 11.1 Å². The van der Waals surface area contributed by atoms with E-state index in [0.29, 0.717) is 22.5 Å². The molecule has 2 aromatic rings. The van der Waals surface area contributed by atoms with Gasteiger partial charge in [0.1, 0.15) is 29.3 Å².